The van der Waals surface area contributed by atoms with Crippen molar-refractivity contribution >= 4 is 11.9 Å². The predicted molar refractivity (Wildman–Crippen MR) is 81.9 cm³/mol. The molecular formula is C14H24N6O. The van der Waals surface area contributed by atoms with Gasteiger partial charge >= 0.3 is 0 Å². The van der Waals surface area contributed by atoms with Crippen LogP contribution >= 0.6 is 0 Å². The average molecular weight is 292 g/mol. The Balaban J connectivity index is 1.84. The van der Waals surface area contributed by atoms with Crippen LogP contribution in [0.5, 0.6) is 0 Å². The van der Waals surface area contributed by atoms with Crippen molar-refractivity contribution in [3.63, 3.8) is 0 Å². The van der Waals surface area contributed by atoms with Gasteiger partial charge in [-0.1, -0.05) is 13.8 Å². The first-order valence-corrected chi connectivity index (χ1v) is 7.36. The third-order valence-corrected chi connectivity index (χ3v) is 3.53. The van der Waals surface area contributed by atoms with Crippen LogP contribution in [0.3, 0.4) is 0 Å². The predicted octanol–water partition coefficient (Wildman–Crippen LogP) is -0.549. The number of nitrogens with one attached hydrogen (secondary N) is 1. The maximum absolute atomic E-state index is 11.5. The van der Waals surface area contributed by atoms with Crippen molar-refractivity contribution < 1.29 is 4.79 Å². The number of primary amides is 1. The maximum atomic E-state index is 11.5. The number of anilines is 1. The third-order valence-electron chi connectivity index (χ3n) is 3.53. The zero-order chi connectivity index (χ0) is 15.2. The number of hydrogen-bond donors (Lipinski definition) is 2. The van der Waals surface area contributed by atoms with Crippen LogP contribution in [0.4, 0.5) is 5.95 Å². The van der Waals surface area contributed by atoms with E-state index >= 15 is 0 Å². The van der Waals surface area contributed by atoms with Crippen molar-refractivity contribution in [2.24, 2.45) is 5.73 Å². The zero-order valence-electron chi connectivity index (χ0n) is 12.7. The number of carbonyl (C=O) groups is 1. The van der Waals surface area contributed by atoms with E-state index in [1.807, 2.05) is 19.9 Å². The summed E-state index contributed by atoms with van der Waals surface area (Å²) in [7, 11) is 0. The van der Waals surface area contributed by atoms with Crippen molar-refractivity contribution in [2.75, 3.05) is 37.6 Å². The Labute approximate surface area is 125 Å². The molecule has 1 saturated heterocycles. The summed E-state index contributed by atoms with van der Waals surface area (Å²) in [5.41, 5.74) is 5.46. The molecular weight excluding hydrogens is 268 g/mol. The van der Waals surface area contributed by atoms with Crippen LogP contribution in [-0.4, -0.2) is 65.6 Å². The molecule has 1 aliphatic rings. The van der Waals surface area contributed by atoms with E-state index in [4.69, 9.17) is 5.73 Å². The number of carbonyl (C=O) groups excluding carboxylic acids is 1. The molecule has 0 aromatic carbocycles. The largest absolute Gasteiger partial charge is 0.368 e. The van der Waals surface area contributed by atoms with E-state index < -0.39 is 0 Å². The molecule has 1 atom stereocenters. The maximum Gasteiger partial charge on any atom is 0.235 e. The summed E-state index contributed by atoms with van der Waals surface area (Å²) in [5, 5.41) is 3.21. The number of aromatic nitrogens is 2. The van der Waals surface area contributed by atoms with E-state index in [1.54, 1.807) is 12.4 Å². The highest BCUT2D eigenvalue weighted by atomic mass is 16.1. The second-order valence-electron chi connectivity index (χ2n) is 5.61. The summed E-state index contributed by atoms with van der Waals surface area (Å²) in [5.74, 6) is 0.474. The second-order valence-corrected chi connectivity index (χ2v) is 5.61. The lowest BCUT2D eigenvalue weighted by molar-refractivity contribution is -0.120. The van der Waals surface area contributed by atoms with Gasteiger partial charge in [0.1, 0.15) is 0 Å². The van der Waals surface area contributed by atoms with Crippen molar-refractivity contribution in [2.45, 2.75) is 25.9 Å². The lowest BCUT2D eigenvalue weighted by Gasteiger charge is -2.36. The third kappa shape index (κ3) is 4.64. The minimum Gasteiger partial charge on any atom is -0.368 e. The summed E-state index contributed by atoms with van der Waals surface area (Å²) >= 11 is 0. The van der Waals surface area contributed by atoms with Gasteiger partial charge in [0.2, 0.25) is 11.9 Å². The highest BCUT2D eigenvalue weighted by molar-refractivity contribution is 5.80. The van der Waals surface area contributed by atoms with E-state index in [9.17, 15) is 4.79 Å². The van der Waals surface area contributed by atoms with Gasteiger partial charge in [0.05, 0.1) is 6.04 Å². The molecule has 0 aliphatic carbocycles. The molecule has 1 aliphatic heterocycles. The lowest BCUT2D eigenvalue weighted by Crippen LogP contribution is -2.55. The van der Waals surface area contributed by atoms with Crippen LogP contribution in [0.2, 0.25) is 0 Å². The highest BCUT2D eigenvalue weighted by Gasteiger charge is 2.24. The first-order valence-electron chi connectivity index (χ1n) is 7.36. The molecule has 7 heteroatoms. The molecule has 21 heavy (non-hydrogen) atoms. The molecule has 1 aromatic rings. The summed E-state index contributed by atoms with van der Waals surface area (Å²) in [6.07, 6.45) is 3.51. The number of amides is 1. The van der Waals surface area contributed by atoms with Crippen molar-refractivity contribution in [1.82, 2.24) is 20.2 Å². The molecule has 2 heterocycles. The summed E-state index contributed by atoms with van der Waals surface area (Å²) in [6.45, 7) is 8.15. The fourth-order valence-corrected chi connectivity index (χ4v) is 2.47. The number of piperazine rings is 1. The summed E-state index contributed by atoms with van der Waals surface area (Å²) < 4.78 is 0. The fraction of sp³-hybridized carbons (Fsp3) is 0.643. The van der Waals surface area contributed by atoms with Crippen LogP contribution in [-0.2, 0) is 4.79 Å². The normalized spacial score (nSPS) is 18.0. The number of rotatable bonds is 6. The lowest BCUT2D eigenvalue weighted by atomic mass is 10.2. The second kappa shape index (κ2) is 7.33. The van der Waals surface area contributed by atoms with Gasteiger partial charge in [0.25, 0.3) is 0 Å². The van der Waals surface area contributed by atoms with Crippen molar-refractivity contribution in [3.05, 3.63) is 18.5 Å². The number of nitrogens with zero attached hydrogens (tertiary/aromatic N) is 4. The van der Waals surface area contributed by atoms with Gasteiger partial charge in [-0.25, -0.2) is 9.97 Å². The van der Waals surface area contributed by atoms with Gasteiger partial charge in [-0.3, -0.25) is 9.69 Å². The fourth-order valence-electron chi connectivity index (χ4n) is 2.47. The molecule has 116 valence electrons. The first-order chi connectivity index (χ1) is 10.1. The van der Waals surface area contributed by atoms with Gasteiger partial charge in [-0.15, -0.1) is 0 Å². The Bertz CT molecular complexity index is 444. The Morgan fingerprint density at radius 1 is 1.29 bits per heavy atom. The van der Waals surface area contributed by atoms with Crippen molar-refractivity contribution in [1.29, 1.82) is 0 Å². The number of hydrogen-bond acceptors (Lipinski definition) is 6. The molecule has 1 fully saturated rings. The Kier molecular flexibility index (Phi) is 5.46. The van der Waals surface area contributed by atoms with E-state index in [2.05, 4.69) is 25.1 Å². The Morgan fingerprint density at radius 2 is 1.90 bits per heavy atom. The molecule has 0 spiro atoms. The molecule has 0 saturated carbocycles. The molecule has 1 amide bonds. The van der Waals surface area contributed by atoms with Gasteiger partial charge in [0, 0.05) is 51.2 Å². The van der Waals surface area contributed by atoms with Gasteiger partial charge < -0.3 is 16.0 Å². The van der Waals surface area contributed by atoms with E-state index in [0.29, 0.717) is 6.54 Å². The Hall–Kier alpha value is -1.73. The minimum absolute atomic E-state index is 0.238. The molecule has 1 aromatic heterocycles. The van der Waals surface area contributed by atoms with Crippen LogP contribution in [0.25, 0.3) is 0 Å². The molecule has 2 rings (SSSR count). The SMILES string of the molecule is CC(C)NC(CN1CCN(c2ncccn2)CC1)C(N)=O. The zero-order valence-corrected chi connectivity index (χ0v) is 12.7. The Morgan fingerprint density at radius 3 is 2.43 bits per heavy atom. The smallest absolute Gasteiger partial charge is 0.235 e. The monoisotopic (exact) mass is 292 g/mol. The molecule has 0 bridgehead atoms. The van der Waals surface area contributed by atoms with Gasteiger partial charge in [-0.05, 0) is 6.07 Å². The number of nitrogens with two attached hydrogens (primary N) is 1. The van der Waals surface area contributed by atoms with E-state index in [-0.39, 0.29) is 18.0 Å². The van der Waals surface area contributed by atoms with Crippen LogP contribution in [0.15, 0.2) is 18.5 Å². The average Bonchev–Trinajstić information content (AvgIpc) is 2.48. The standard InChI is InChI=1S/C14H24N6O/c1-11(2)18-12(13(15)21)10-19-6-8-20(9-7-19)14-16-4-3-5-17-14/h3-5,11-12,18H,6-10H2,1-2H3,(H2,15,21). The van der Waals surface area contributed by atoms with Crippen LogP contribution in [0.1, 0.15) is 13.8 Å². The summed E-state index contributed by atoms with van der Waals surface area (Å²) in [4.78, 5) is 24.4. The molecule has 7 nitrogen and oxygen atoms in total. The summed E-state index contributed by atoms with van der Waals surface area (Å²) in [6, 6.07) is 1.75. The quantitative estimate of drug-likeness (QED) is 0.731. The van der Waals surface area contributed by atoms with E-state index in [1.165, 1.54) is 0 Å². The van der Waals surface area contributed by atoms with Crippen molar-refractivity contribution in [3.8, 4) is 0 Å². The van der Waals surface area contributed by atoms with Gasteiger partial charge in [0.15, 0.2) is 0 Å². The molecule has 0 radical (unpaired) electrons. The van der Waals surface area contributed by atoms with Crippen LogP contribution in [0, 0.1) is 0 Å². The molecule has 3 N–H and O–H groups in total. The minimum atomic E-state index is -0.301. The first kappa shape index (κ1) is 15.7. The van der Waals surface area contributed by atoms with Crippen LogP contribution < -0.4 is 16.0 Å². The molecule has 1 unspecified atom stereocenters. The van der Waals surface area contributed by atoms with Gasteiger partial charge in [-0.2, -0.15) is 0 Å². The topological polar surface area (TPSA) is 87.4 Å². The highest BCUT2D eigenvalue weighted by Crippen LogP contribution is 2.09. The van der Waals surface area contributed by atoms with E-state index in [0.717, 1.165) is 32.1 Å².